The molecular weight excluding hydrogens is 274 g/mol. The van der Waals surface area contributed by atoms with Crippen molar-refractivity contribution in [3.05, 3.63) is 23.7 Å². The van der Waals surface area contributed by atoms with E-state index in [1.165, 1.54) is 31.2 Å². The van der Waals surface area contributed by atoms with E-state index >= 15 is 0 Å². The predicted octanol–water partition coefficient (Wildman–Crippen LogP) is 0.499. The van der Waals surface area contributed by atoms with Crippen LogP contribution in [0.2, 0.25) is 0 Å². The zero-order valence-electron chi connectivity index (χ0n) is 10.1. The summed E-state index contributed by atoms with van der Waals surface area (Å²) in [5.74, 6) is -0.749. The van der Waals surface area contributed by atoms with E-state index in [2.05, 4.69) is 10.1 Å². The second-order valence-electron chi connectivity index (χ2n) is 3.44. The first-order chi connectivity index (χ1) is 9.10. The van der Waals surface area contributed by atoms with Gasteiger partial charge in [-0.1, -0.05) is 0 Å². The van der Waals surface area contributed by atoms with Crippen molar-refractivity contribution in [2.75, 3.05) is 12.9 Å². The first-order valence-electron chi connectivity index (χ1n) is 5.25. The van der Waals surface area contributed by atoms with Gasteiger partial charge in [0, 0.05) is 5.75 Å². The first kappa shape index (κ1) is 15.1. The van der Waals surface area contributed by atoms with E-state index in [1.54, 1.807) is 0 Å². The molecule has 19 heavy (non-hydrogen) atoms. The Morgan fingerprint density at radius 1 is 1.63 bits per heavy atom. The Kier molecular flexibility index (Phi) is 5.94. The Bertz CT molecular complexity index is 458. The largest absolute Gasteiger partial charge is 0.480 e. The molecule has 7 nitrogen and oxygen atoms in total. The fourth-order valence-corrected chi connectivity index (χ4v) is 2.29. The second kappa shape index (κ2) is 7.47. The minimum absolute atomic E-state index is 0.162. The molecule has 0 fully saturated rings. The van der Waals surface area contributed by atoms with Crippen LogP contribution < -0.4 is 5.32 Å². The highest BCUT2D eigenvalue weighted by Crippen LogP contribution is 2.19. The lowest BCUT2D eigenvalue weighted by molar-refractivity contribution is -0.139. The summed E-state index contributed by atoms with van der Waals surface area (Å²) in [6.45, 7) is 0. The van der Waals surface area contributed by atoms with Crippen LogP contribution in [0.5, 0.6) is 0 Å². The zero-order valence-corrected chi connectivity index (χ0v) is 10.9. The quantitative estimate of drug-likeness (QED) is 0.529. The van der Waals surface area contributed by atoms with Gasteiger partial charge in [0.1, 0.15) is 17.4 Å². The zero-order chi connectivity index (χ0) is 14.3. The molecule has 1 aromatic rings. The molecule has 0 bridgehead atoms. The molecule has 2 N–H and O–H groups in total. The van der Waals surface area contributed by atoms with Gasteiger partial charge < -0.3 is 19.6 Å². The predicted molar refractivity (Wildman–Crippen MR) is 66.8 cm³/mol. The maximum atomic E-state index is 11.4. The third kappa shape index (κ3) is 4.32. The maximum absolute atomic E-state index is 11.4. The summed E-state index contributed by atoms with van der Waals surface area (Å²) in [6.07, 6.45) is 1.70. The molecule has 1 atom stereocenters. The van der Waals surface area contributed by atoms with Gasteiger partial charge in [-0.05, 0) is 6.07 Å². The van der Waals surface area contributed by atoms with E-state index < -0.39 is 18.0 Å². The molecule has 0 aromatic carbocycles. The molecule has 1 rings (SSSR count). The van der Waals surface area contributed by atoms with Gasteiger partial charge in [-0.2, -0.15) is 11.8 Å². The number of thioether (sulfide) groups is 1. The number of carboxylic acids is 1. The van der Waals surface area contributed by atoms with Crippen LogP contribution in [0.15, 0.2) is 16.7 Å². The lowest BCUT2D eigenvalue weighted by Crippen LogP contribution is -2.37. The van der Waals surface area contributed by atoms with Gasteiger partial charge in [0.2, 0.25) is 6.41 Å². The number of rotatable bonds is 8. The van der Waals surface area contributed by atoms with Gasteiger partial charge in [-0.3, -0.25) is 4.79 Å². The van der Waals surface area contributed by atoms with Crippen molar-refractivity contribution in [3.63, 3.8) is 0 Å². The van der Waals surface area contributed by atoms with Crippen LogP contribution in [-0.2, 0) is 20.1 Å². The molecule has 0 aliphatic heterocycles. The number of methoxy groups -OCH3 is 1. The molecule has 1 heterocycles. The number of carboxylic acid groups (broad SMARTS) is 1. The standard InChI is InChI=1S/C11H13NO6S/c1-17-11(16)7-2-3-18-9(7)5-19-4-8(10(14)15)12-6-13/h2-3,6,8H,4-5H2,1H3,(H,12,13)(H,14,15). The Morgan fingerprint density at radius 2 is 2.37 bits per heavy atom. The Hall–Kier alpha value is -1.96. The van der Waals surface area contributed by atoms with Crippen LogP contribution in [0.25, 0.3) is 0 Å². The highest BCUT2D eigenvalue weighted by atomic mass is 32.2. The average molecular weight is 287 g/mol. The fourth-order valence-electron chi connectivity index (χ4n) is 1.29. The summed E-state index contributed by atoms with van der Waals surface area (Å²) in [7, 11) is 1.26. The number of hydrogen-bond acceptors (Lipinski definition) is 6. The normalized spacial score (nSPS) is 11.6. The van der Waals surface area contributed by atoms with E-state index in [9.17, 15) is 14.4 Å². The third-order valence-corrected chi connectivity index (χ3v) is 3.27. The van der Waals surface area contributed by atoms with Gasteiger partial charge in [-0.15, -0.1) is 0 Å². The van der Waals surface area contributed by atoms with Crippen LogP contribution in [-0.4, -0.2) is 42.4 Å². The van der Waals surface area contributed by atoms with Crippen LogP contribution >= 0.6 is 11.8 Å². The van der Waals surface area contributed by atoms with Crippen molar-refractivity contribution in [3.8, 4) is 0 Å². The number of furan rings is 1. The Balaban J connectivity index is 2.53. The lowest BCUT2D eigenvalue weighted by Gasteiger charge is -2.09. The third-order valence-electron chi connectivity index (χ3n) is 2.24. The van der Waals surface area contributed by atoms with E-state index in [-0.39, 0.29) is 5.75 Å². The van der Waals surface area contributed by atoms with Crippen molar-refractivity contribution in [1.29, 1.82) is 0 Å². The van der Waals surface area contributed by atoms with E-state index in [4.69, 9.17) is 9.52 Å². The van der Waals surface area contributed by atoms with Crippen LogP contribution in [0.4, 0.5) is 0 Å². The molecule has 0 radical (unpaired) electrons. The highest BCUT2D eigenvalue weighted by molar-refractivity contribution is 7.98. The minimum Gasteiger partial charge on any atom is -0.480 e. The average Bonchev–Trinajstić information content (AvgIpc) is 2.85. The van der Waals surface area contributed by atoms with Crippen molar-refractivity contribution in [2.24, 2.45) is 0 Å². The SMILES string of the molecule is COC(=O)c1ccoc1CSCC(NC=O)C(=O)O. The number of aliphatic carboxylic acids is 1. The van der Waals surface area contributed by atoms with Gasteiger partial charge in [-0.25, -0.2) is 9.59 Å². The molecule has 1 amide bonds. The van der Waals surface area contributed by atoms with Crippen molar-refractivity contribution in [1.82, 2.24) is 5.32 Å². The number of esters is 1. The first-order valence-corrected chi connectivity index (χ1v) is 6.40. The molecule has 1 aromatic heterocycles. The summed E-state index contributed by atoms with van der Waals surface area (Å²) in [4.78, 5) is 32.4. The summed E-state index contributed by atoms with van der Waals surface area (Å²) in [5, 5.41) is 11.0. The van der Waals surface area contributed by atoms with Gasteiger partial charge in [0.05, 0.1) is 19.1 Å². The van der Waals surface area contributed by atoms with Crippen LogP contribution in [0.3, 0.4) is 0 Å². The molecule has 0 spiro atoms. The molecular formula is C11H13NO6S. The van der Waals surface area contributed by atoms with Gasteiger partial charge in [0.15, 0.2) is 0 Å². The van der Waals surface area contributed by atoms with Crippen LogP contribution in [0.1, 0.15) is 16.1 Å². The van der Waals surface area contributed by atoms with Gasteiger partial charge >= 0.3 is 11.9 Å². The number of carbonyl (C=O) groups excluding carboxylic acids is 2. The molecule has 0 saturated heterocycles. The second-order valence-corrected chi connectivity index (χ2v) is 4.47. The van der Waals surface area contributed by atoms with E-state index in [0.29, 0.717) is 23.5 Å². The topological polar surface area (TPSA) is 106 Å². The molecule has 104 valence electrons. The van der Waals surface area contributed by atoms with Crippen molar-refractivity contribution < 1.29 is 28.6 Å². The van der Waals surface area contributed by atoms with Crippen molar-refractivity contribution in [2.45, 2.75) is 11.8 Å². The minimum atomic E-state index is -1.12. The Labute approximate surface area is 113 Å². The number of ether oxygens (including phenoxy) is 1. The Morgan fingerprint density at radius 3 is 2.95 bits per heavy atom. The summed E-state index contributed by atoms with van der Waals surface area (Å²) in [5.41, 5.74) is 0.310. The van der Waals surface area contributed by atoms with Crippen molar-refractivity contribution >= 4 is 30.1 Å². The molecule has 0 aliphatic rings. The number of carbonyl (C=O) groups is 3. The monoisotopic (exact) mass is 287 g/mol. The maximum Gasteiger partial charge on any atom is 0.341 e. The summed E-state index contributed by atoms with van der Waals surface area (Å²) < 4.78 is 9.71. The fraction of sp³-hybridized carbons (Fsp3) is 0.364. The number of nitrogens with one attached hydrogen (secondary N) is 1. The number of hydrogen-bond donors (Lipinski definition) is 2. The van der Waals surface area contributed by atoms with Gasteiger partial charge in [0.25, 0.3) is 0 Å². The van der Waals surface area contributed by atoms with E-state index in [1.807, 2.05) is 0 Å². The molecule has 8 heteroatoms. The van der Waals surface area contributed by atoms with E-state index in [0.717, 1.165) is 0 Å². The summed E-state index contributed by atoms with van der Waals surface area (Å²) in [6, 6.07) is 0.513. The number of amides is 1. The molecule has 1 unspecified atom stereocenters. The highest BCUT2D eigenvalue weighted by Gasteiger charge is 2.18. The lowest BCUT2D eigenvalue weighted by atomic mass is 10.3. The molecule has 0 aliphatic carbocycles. The summed E-state index contributed by atoms with van der Waals surface area (Å²) >= 11 is 1.23. The smallest absolute Gasteiger partial charge is 0.341 e. The van der Waals surface area contributed by atoms with Crippen LogP contribution in [0, 0.1) is 0 Å². The molecule has 0 saturated carbocycles.